The zero-order valence-corrected chi connectivity index (χ0v) is 46.1. The maximum atomic E-state index is 12.9. The van der Waals surface area contributed by atoms with E-state index in [0.29, 0.717) is 19.3 Å². The van der Waals surface area contributed by atoms with Gasteiger partial charge in [-0.3, -0.25) is 14.4 Å². The molecule has 0 aromatic heterocycles. The first-order valence-electron chi connectivity index (χ1n) is 29.0. The minimum absolute atomic E-state index is 0.115. The third-order valence-corrected chi connectivity index (χ3v) is 11.8. The van der Waals surface area contributed by atoms with E-state index in [1.54, 1.807) is 0 Å². The van der Waals surface area contributed by atoms with Gasteiger partial charge in [0.25, 0.3) is 0 Å². The summed E-state index contributed by atoms with van der Waals surface area (Å²) >= 11 is 0. The van der Waals surface area contributed by atoms with Gasteiger partial charge in [-0.1, -0.05) is 263 Å². The fourth-order valence-electron chi connectivity index (χ4n) is 7.49. The van der Waals surface area contributed by atoms with Crippen LogP contribution >= 0.6 is 0 Å². The van der Waals surface area contributed by atoms with Gasteiger partial charge in [-0.25, -0.2) is 0 Å². The molecule has 0 aromatic rings. The van der Waals surface area contributed by atoms with Gasteiger partial charge in [-0.2, -0.15) is 0 Å². The average Bonchev–Trinajstić information content (AvgIpc) is 3.38. The first kappa shape index (κ1) is 67.3. The predicted molar refractivity (Wildman–Crippen MR) is 311 cm³/mol. The summed E-state index contributed by atoms with van der Waals surface area (Å²) in [7, 11) is 0. The molecule has 0 aliphatic rings. The van der Waals surface area contributed by atoms with Crippen LogP contribution in [0.15, 0.2) is 146 Å². The topological polar surface area (TPSA) is 78.9 Å². The SMILES string of the molecule is CC\C=C/C=C\C=C/C=C\C=C\C=C/C=C\CCCCCC(=O)OCC(COC(=O)CCCCC/C=C\C=C/CCCCCCCCC)OC(=O)CCCCCCCCCCC/C=C\C/C=C\C/C=C\CC. The largest absolute Gasteiger partial charge is 0.462 e. The zero-order chi connectivity index (χ0) is 52.2. The Morgan fingerprint density at radius 2 is 0.611 bits per heavy atom. The van der Waals surface area contributed by atoms with Crippen LogP contribution < -0.4 is 0 Å². The van der Waals surface area contributed by atoms with Crippen LogP contribution in [0.25, 0.3) is 0 Å². The number of hydrogen-bond acceptors (Lipinski definition) is 6. The molecule has 0 spiro atoms. The van der Waals surface area contributed by atoms with E-state index in [4.69, 9.17) is 14.2 Å². The summed E-state index contributed by atoms with van der Waals surface area (Å²) in [4.78, 5) is 38.2. The van der Waals surface area contributed by atoms with Gasteiger partial charge in [0, 0.05) is 19.3 Å². The van der Waals surface area contributed by atoms with Gasteiger partial charge >= 0.3 is 17.9 Å². The van der Waals surface area contributed by atoms with Crippen molar-refractivity contribution in [3.05, 3.63) is 146 Å². The van der Waals surface area contributed by atoms with Gasteiger partial charge in [0.05, 0.1) is 0 Å². The number of hydrogen-bond donors (Lipinski definition) is 0. The highest BCUT2D eigenvalue weighted by molar-refractivity contribution is 5.71. The van der Waals surface area contributed by atoms with Crippen LogP contribution in [0.2, 0.25) is 0 Å². The van der Waals surface area contributed by atoms with Gasteiger partial charge in [-0.15, -0.1) is 0 Å². The Morgan fingerprint density at radius 3 is 1.04 bits per heavy atom. The molecule has 1 atom stereocenters. The van der Waals surface area contributed by atoms with Crippen molar-refractivity contribution in [3.8, 4) is 0 Å². The molecule has 0 rings (SSSR count). The van der Waals surface area contributed by atoms with E-state index in [-0.39, 0.29) is 31.1 Å². The molecule has 6 nitrogen and oxygen atoms in total. The van der Waals surface area contributed by atoms with Gasteiger partial charge in [-0.05, 0) is 96.3 Å². The van der Waals surface area contributed by atoms with Crippen molar-refractivity contribution in [2.45, 2.75) is 239 Å². The number of esters is 3. The molecule has 0 aliphatic heterocycles. The fourth-order valence-corrected chi connectivity index (χ4v) is 7.49. The Morgan fingerprint density at radius 1 is 0.306 bits per heavy atom. The Labute approximate surface area is 442 Å². The molecular formula is C66H104O6. The maximum absolute atomic E-state index is 12.9. The number of ether oxygens (including phenoxy) is 3. The highest BCUT2D eigenvalue weighted by Gasteiger charge is 2.19. The minimum atomic E-state index is -0.819. The second-order valence-corrected chi connectivity index (χ2v) is 18.6. The quantitative estimate of drug-likeness (QED) is 0.0199. The third kappa shape index (κ3) is 56.2. The summed E-state index contributed by atoms with van der Waals surface area (Å²) < 4.78 is 16.8. The molecule has 0 heterocycles. The van der Waals surface area contributed by atoms with Crippen LogP contribution in [-0.2, 0) is 28.6 Å². The Balaban J connectivity index is 4.56. The molecule has 0 bridgehead atoms. The van der Waals surface area contributed by atoms with Crippen LogP contribution in [0, 0.1) is 0 Å². The third-order valence-electron chi connectivity index (χ3n) is 11.8. The van der Waals surface area contributed by atoms with Gasteiger partial charge in [0.2, 0.25) is 0 Å². The molecule has 0 amide bonds. The lowest BCUT2D eigenvalue weighted by atomic mass is 10.1. The number of rotatable bonds is 50. The Kier molecular flexibility index (Phi) is 55.0. The first-order chi connectivity index (χ1) is 35.5. The Bertz CT molecular complexity index is 1610. The summed E-state index contributed by atoms with van der Waals surface area (Å²) in [5.41, 5.74) is 0. The maximum Gasteiger partial charge on any atom is 0.306 e. The summed E-state index contributed by atoms with van der Waals surface area (Å²) in [5.74, 6) is -0.994. The molecule has 0 saturated heterocycles. The van der Waals surface area contributed by atoms with Gasteiger partial charge in [0.1, 0.15) is 13.2 Å². The summed E-state index contributed by atoms with van der Waals surface area (Å²) in [6, 6.07) is 0. The lowest BCUT2D eigenvalue weighted by Gasteiger charge is -2.18. The van der Waals surface area contributed by atoms with Crippen LogP contribution in [0.4, 0.5) is 0 Å². The first-order valence-corrected chi connectivity index (χ1v) is 29.0. The second-order valence-electron chi connectivity index (χ2n) is 18.6. The number of carbonyl (C=O) groups is 3. The normalized spacial score (nSPS) is 13.2. The van der Waals surface area contributed by atoms with E-state index >= 15 is 0 Å². The molecule has 0 aromatic carbocycles. The molecular weight excluding hydrogens is 889 g/mol. The fraction of sp³-hybridized carbons (Fsp3) is 0.591. The lowest BCUT2D eigenvalue weighted by molar-refractivity contribution is -0.167. The lowest BCUT2D eigenvalue weighted by Crippen LogP contribution is -2.30. The summed E-state index contributed by atoms with van der Waals surface area (Å²) in [5, 5.41) is 0. The van der Waals surface area contributed by atoms with Crippen LogP contribution in [0.5, 0.6) is 0 Å². The second kappa shape index (κ2) is 58.9. The Hall–Kier alpha value is -4.71. The molecule has 0 N–H and O–H groups in total. The van der Waals surface area contributed by atoms with Gasteiger partial charge < -0.3 is 14.2 Å². The van der Waals surface area contributed by atoms with E-state index in [1.165, 1.54) is 83.5 Å². The minimum Gasteiger partial charge on any atom is -0.462 e. The van der Waals surface area contributed by atoms with Crippen molar-refractivity contribution in [3.63, 3.8) is 0 Å². The van der Waals surface area contributed by atoms with Crippen molar-refractivity contribution < 1.29 is 28.6 Å². The molecule has 72 heavy (non-hydrogen) atoms. The molecule has 404 valence electrons. The van der Waals surface area contributed by atoms with Crippen molar-refractivity contribution in [2.75, 3.05) is 13.2 Å². The molecule has 0 saturated carbocycles. The van der Waals surface area contributed by atoms with Gasteiger partial charge in [0.15, 0.2) is 6.10 Å². The van der Waals surface area contributed by atoms with E-state index in [0.717, 1.165) is 109 Å². The highest BCUT2D eigenvalue weighted by atomic mass is 16.6. The van der Waals surface area contributed by atoms with Crippen molar-refractivity contribution in [1.82, 2.24) is 0 Å². The number of allylic oxidation sites excluding steroid dienone is 24. The summed E-state index contributed by atoms with van der Waals surface area (Å²) in [6.45, 7) is 6.30. The van der Waals surface area contributed by atoms with E-state index in [9.17, 15) is 14.4 Å². The predicted octanol–water partition coefficient (Wildman–Crippen LogP) is 19.6. The van der Waals surface area contributed by atoms with E-state index in [1.807, 2.05) is 72.9 Å². The molecule has 1 unspecified atom stereocenters. The molecule has 0 aliphatic carbocycles. The van der Waals surface area contributed by atoms with Crippen LogP contribution in [-0.4, -0.2) is 37.2 Å². The molecule has 0 radical (unpaired) electrons. The van der Waals surface area contributed by atoms with Crippen LogP contribution in [0.1, 0.15) is 233 Å². The monoisotopic (exact) mass is 993 g/mol. The van der Waals surface area contributed by atoms with Crippen molar-refractivity contribution >= 4 is 17.9 Å². The number of unbranched alkanes of at least 4 members (excludes halogenated alkanes) is 22. The zero-order valence-electron chi connectivity index (χ0n) is 46.1. The number of carbonyl (C=O) groups excluding carboxylic acids is 3. The van der Waals surface area contributed by atoms with Crippen molar-refractivity contribution in [1.29, 1.82) is 0 Å². The summed E-state index contributed by atoms with van der Waals surface area (Å²) in [6.07, 6.45) is 84.0. The molecule has 6 heteroatoms. The average molecular weight is 994 g/mol. The van der Waals surface area contributed by atoms with Crippen LogP contribution in [0.3, 0.4) is 0 Å². The van der Waals surface area contributed by atoms with Crippen molar-refractivity contribution in [2.24, 2.45) is 0 Å². The molecule has 0 fully saturated rings. The smallest absolute Gasteiger partial charge is 0.306 e. The highest BCUT2D eigenvalue weighted by Crippen LogP contribution is 2.14. The standard InChI is InChI=1S/C66H104O6/c1-4-7-10-13-16-19-22-25-28-31-33-35-38-41-44-47-50-53-56-59-65(68)71-62-63(61-70-64(67)58-55-52-49-46-43-40-37-30-27-24-21-18-15-12-9-6-3)72-66(69)60-57-54-51-48-45-42-39-36-34-32-29-26-23-20-17-14-11-8-5-2/h7-8,10-11,13,16-17,19-20,22,25-26,28-31,33,35,37-38,40-41,43-44,63H,4-6,9,12,14-15,18,21,23-24,27,32,34,36,39,42,45-62H2,1-3H3/b10-7-,11-8-,16-13-,20-17-,22-19-,28-25-,29-26-,33-31+,37-30-,38-35-,43-40-,44-41-. The van der Waals surface area contributed by atoms with E-state index in [2.05, 4.69) is 93.7 Å². The van der Waals surface area contributed by atoms with E-state index < -0.39 is 6.10 Å².